The maximum absolute atomic E-state index is 5.98. The van der Waals surface area contributed by atoms with E-state index < -0.39 is 0 Å². The number of halogens is 1. The molecular weight excluding hydrogens is 334 g/mol. The minimum atomic E-state index is 0.716. The van der Waals surface area contributed by atoms with Gasteiger partial charge < -0.3 is 5.32 Å². The molecule has 0 spiro atoms. The molecule has 2 saturated heterocycles. The average molecular weight is 360 g/mol. The van der Waals surface area contributed by atoms with Crippen LogP contribution in [0.25, 0.3) is 5.69 Å². The predicted octanol–water partition coefficient (Wildman–Crippen LogP) is 2.31. The van der Waals surface area contributed by atoms with Gasteiger partial charge in [0, 0.05) is 68.6 Å². The van der Waals surface area contributed by atoms with Gasteiger partial charge in [-0.1, -0.05) is 11.6 Å². The van der Waals surface area contributed by atoms with Crippen LogP contribution < -0.4 is 5.32 Å². The van der Waals surface area contributed by atoms with Crippen molar-refractivity contribution in [1.29, 1.82) is 0 Å². The highest BCUT2D eigenvalue weighted by Gasteiger charge is 2.28. The summed E-state index contributed by atoms with van der Waals surface area (Å²) < 4.78 is 1.96. The van der Waals surface area contributed by atoms with Gasteiger partial charge in [0.1, 0.15) is 0 Å². The van der Waals surface area contributed by atoms with E-state index >= 15 is 0 Å². The molecule has 2 aliphatic heterocycles. The second-order valence-electron chi connectivity index (χ2n) is 7.12. The summed E-state index contributed by atoms with van der Waals surface area (Å²) in [5.41, 5.74) is 3.48. The lowest BCUT2D eigenvalue weighted by Crippen LogP contribution is -2.49. The number of aryl methyl sites for hydroxylation is 1. The molecule has 3 heterocycles. The van der Waals surface area contributed by atoms with E-state index in [1.165, 1.54) is 38.2 Å². The maximum atomic E-state index is 5.98. The SMILES string of the molecule is Cc1nn(-c2ccc(Cl)cc2)cc1CN1CCC(N2CCNCC2)C1. The average Bonchev–Trinajstić information content (AvgIpc) is 3.24. The second kappa shape index (κ2) is 7.46. The summed E-state index contributed by atoms with van der Waals surface area (Å²) >= 11 is 5.98. The first-order valence-electron chi connectivity index (χ1n) is 9.17. The molecule has 0 radical (unpaired) electrons. The van der Waals surface area contributed by atoms with Crippen LogP contribution in [0.2, 0.25) is 5.02 Å². The summed E-state index contributed by atoms with van der Waals surface area (Å²) in [4.78, 5) is 5.23. The highest BCUT2D eigenvalue weighted by Crippen LogP contribution is 2.21. The molecule has 0 aliphatic carbocycles. The molecule has 0 amide bonds. The van der Waals surface area contributed by atoms with Crippen LogP contribution in [0.5, 0.6) is 0 Å². The van der Waals surface area contributed by atoms with Gasteiger partial charge in [-0.2, -0.15) is 5.10 Å². The summed E-state index contributed by atoms with van der Waals surface area (Å²) in [6.07, 6.45) is 3.45. The molecule has 2 aromatic rings. The van der Waals surface area contributed by atoms with E-state index in [9.17, 15) is 0 Å². The number of likely N-dealkylation sites (tertiary alicyclic amines) is 1. The van der Waals surface area contributed by atoms with Crippen LogP contribution in [-0.2, 0) is 6.54 Å². The lowest BCUT2D eigenvalue weighted by Gasteiger charge is -2.32. The molecule has 6 heteroatoms. The molecule has 0 bridgehead atoms. The molecule has 1 aromatic heterocycles. The van der Waals surface area contributed by atoms with Crippen molar-refractivity contribution >= 4 is 11.6 Å². The second-order valence-corrected chi connectivity index (χ2v) is 7.56. The first-order valence-corrected chi connectivity index (χ1v) is 9.55. The quantitative estimate of drug-likeness (QED) is 0.908. The van der Waals surface area contributed by atoms with E-state index in [2.05, 4.69) is 33.3 Å². The Morgan fingerprint density at radius 1 is 1.16 bits per heavy atom. The fourth-order valence-electron chi connectivity index (χ4n) is 3.92. The van der Waals surface area contributed by atoms with Crippen LogP contribution in [0.3, 0.4) is 0 Å². The van der Waals surface area contributed by atoms with Crippen molar-refractivity contribution in [3.05, 3.63) is 46.7 Å². The Hall–Kier alpha value is -1.40. The van der Waals surface area contributed by atoms with Crippen molar-refractivity contribution in [2.75, 3.05) is 39.3 Å². The molecule has 1 atom stereocenters. The summed E-state index contributed by atoms with van der Waals surface area (Å²) in [7, 11) is 0. The Morgan fingerprint density at radius 3 is 2.68 bits per heavy atom. The zero-order chi connectivity index (χ0) is 17.2. The first kappa shape index (κ1) is 17.0. The molecule has 1 N–H and O–H groups in total. The van der Waals surface area contributed by atoms with Gasteiger partial charge in [-0.25, -0.2) is 4.68 Å². The molecule has 2 fully saturated rings. The molecule has 1 unspecified atom stereocenters. The van der Waals surface area contributed by atoms with Crippen LogP contribution in [-0.4, -0.2) is 64.9 Å². The van der Waals surface area contributed by atoms with E-state index in [-0.39, 0.29) is 0 Å². The Balaban J connectivity index is 1.40. The van der Waals surface area contributed by atoms with Gasteiger partial charge in [-0.15, -0.1) is 0 Å². The third-order valence-electron chi connectivity index (χ3n) is 5.40. The topological polar surface area (TPSA) is 36.3 Å². The van der Waals surface area contributed by atoms with Gasteiger partial charge in [-0.05, 0) is 37.6 Å². The summed E-state index contributed by atoms with van der Waals surface area (Å²) in [5.74, 6) is 0. The summed E-state index contributed by atoms with van der Waals surface area (Å²) in [5, 5.41) is 8.89. The molecule has 25 heavy (non-hydrogen) atoms. The Bertz CT molecular complexity index is 705. The zero-order valence-corrected chi connectivity index (χ0v) is 15.5. The molecule has 1 aromatic carbocycles. The number of aromatic nitrogens is 2. The van der Waals surface area contributed by atoms with E-state index in [1.807, 2.05) is 28.9 Å². The van der Waals surface area contributed by atoms with E-state index in [0.29, 0.717) is 6.04 Å². The number of hydrogen-bond acceptors (Lipinski definition) is 4. The van der Waals surface area contributed by atoms with Crippen LogP contribution >= 0.6 is 11.6 Å². The van der Waals surface area contributed by atoms with E-state index in [4.69, 9.17) is 11.6 Å². The lowest BCUT2D eigenvalue weighted by molar-refractivity contribution is 0.170. The normalized spacial score (nSPS) is 22.6. The number of nitrogens with zero attached hydrogens (tertiary/aromatic N) is 4. The fourth-order valence-corrected chi connectivity index (χ4v) is 4.05. The van der Waals surface area contributed by atoms with Gasteiger partial charge >= 0.3 is 0 Å². The van der Waals surface area contributed by atoms with Crippen molar-refractivity contribution in [2.24, 2.45) is 0 Å². The van der Waals surface area contributed by atoms with Gasteiger partial charge in [-0.3, -0.25) is 9.80 Å². The third kappa shape index (κ3) is 3.90. The van der Waals surface area contributed by atoms with Crippen molar-refractivity contribution in [2.45, 2.75) is 25.9 Å². The maximum Gasteiger partial charge on any atom is 0.0646 e. The molecule has 134 valence electrons. The number of benzene rings is 1. The predicted molar refractivity (Wildman–Crippen MR) is 101 cm³/mol. The minimum Gasteiger partial charge on any atom is -0.314 e. The molecule has 0 saturated carbocycles. The van der Waals surface area contributed by atoms with Gasteiger partial charge in [0.2, 0.25) is 0 Å². The smallest absolute Gasteiger partial charge is 0.0646 e. The van der Waals surface area contributed by atoms with Crippen LogP contribution in [0.15, 0.2) is 30.5 Å². The number of hydrogen-bond donors (Lipinski definition) is 1. The Morgan fingerprint density at radius 2 is 1.92 bits per heavy atom. The van der Waals surface area contributed by atoms with E-state index in [0.717, 1.165) is 36.0 Å². The molecule has 4 rings (SSSR count). The van der Waals surface area contributed by atoms with Crippen LogP contribution in [0.4, 0.5) is 0 Å². The number of nitrogens with one attached hydrogen (secondary N) is 1. The summed E-state index contributed by atoms with van der Waals surface area (Å²) in [6.45, 7) is 10.1. The fraction of sp³-hybridized carbons (Fsp3) is 0.526. The van der Waals surface area contributed by atoms with E-state index in [1.54, 1.807) is 0 Å². The van der Waals surface area contributed by atoms with Crippen LogP contribution in [0.1, 0.15) is 17.7 Å². The highest BCUT2D eigenvalue weighted by molar-refractivity contribution is 6.30. The van der Waals surface area contributed by atoms with Crippen molar-refractivity contribution in [3.63, 3.8) is 0 Å². The number of piperazine rings is 1. The van der Waals surface area contributed by atoms with Gasteiger partial charge in [0.05, 0.1) is 11.4 Å². The molecule has 5 nitrogen and oxygen atoms in total. The Labute approximate surface area is 154 Å². The molecule has 2 aliphatic rings. The monoisotopic (exact) mass is 359 g/mol. The minimum absolute atomic E-state index is 0.716. The Kier molecular flexibility index (Phi) is 5.08. The number of rotatable bonds is 4. The summed E-state index contributed by atoms with van der Waals surface area (Å²) in [6, 6.07) is 8.55. The van der Waals surface area contributed by atoms with Gasteiger partial charge in [0.15, 0.2) is 0 Å². The molecular formula is C19H26ClN5. The van der Waals surface area contributed by atoms with Crippen LogP contribution in [0, 0.1) is 6.92 Å². The van der Waals surface area contributed by atoms with Crippen molar-refractivity contribution < 1.29 is 0 Å². The highest BCUT2D eigenvalue weighted by atomic mass is 35.5. The largest absolute Gasteiger partial charge is 0.314 e. The standard InChI is InChI=1S/C19H26ClN5/c1-15-16(13-25(22-15)18-4-2-17(20)3-5-18)12-23-9-6-19(14-23)24-10-7-21-8-11-24/h2-5,13,19,21H,6-12,14H2,1H3. The zero-order valence-electron chi connectivity index (χ0n) is 14.8. The third-order valence-corrected chi connectivity index (χ3v) is 5.65. The van der Waals surface area contributed by atoms with Crippen molar-refractivity contribution in [1.82, 2.24) is 24.9 Å². The first-order chi connectivity index (χ1) is 12.2. The van der Waals surface area contributed by atoms with Crippen molar-refractivity contribution in [3.8, 4) is 5.69 Å². The van der Waals surface area contributed by atoms with Gasteiger partial charge in [0.25, 0.3) is 0 Å². The lowest BCUT2D eigenvalue weighted by atomic mass is 10.2.